The Morgan fingerprint density at radius 3 is 2.52 bits per heavy atom. The molecule has 0 aromatic heterocycles. The maximum atomic E-state index is 12.6. The Hall–Kier alpha value is -1.11. The second-order valence-corrected chi connectivity index (χ2v) is 5.38. The van der Waals surface area contributed by atoms with Gasteiger partial charge in [-0.1, -0.05) is 12.1 Å². The molecule has 21 heavy (non-hydrogen) atoms. The van der Waals surface area contributed by atoms with Crippen LogP contribution in [0.1, 0.15) is 24.1 Å². The summed E-state index contributed by atoms with van der Waals surface area (Å²) in [6.45, 7) is 5.19. The van der Waals surface area contributed by atoms with E-state index < -0.39 is 11.7 Å². The van der Waals surface area contributed by atoms with Crippen molar-refractivity contribution in [2.24, 2.45) is 0 Å². The van der Waals surface area contributed by atoms with Crippen molar-refractivity contribution in [3.05, 3.63) is 35.4 Å². The third-order valence-electron chi connectivity index (χ3n) is 3.90. The molecule has 1 aromatic rings. The maximum Gasteiger partial charge on any atom is 0.416 e. The number of nitrogens with one attached hydrogen (secondary N) is 1. The first-order chi connectivity index (χ1) is 9.93. The molecule has 0 aliphatic carbocycles. The standard InChI is InChI=1S/C15H21F3N2O/c1-11-9-19-7-8-20(11)14(10-21-2)12-3-5-13(6-4-12)15(16,17)18/h3-6,11,14,19H,7-10H2,1-2H3. The van der Waals surface area contributed by atoms with E-state index in [1.54, 1.807) is 19.2 Å². The number of piperazine rings is 1. The average Bonchev–Trinajstić information content (AvgIpc) is 2.45. The zero-order chi connectivity index (χ0) is 15.5. The summed E-state index contributed by atoms with van der Waals surface area (Å²) in [5, 5.41) is 3.31. The summed E-state index contributed by atoms with van der Waals surface area (Å²) >= 11 is 0. The predicted molar refractivity (Wildman–Crippen MR) is 75.1 cm³/mol. The monoisotopic (exact) mass is 302 g/mol. The Bertz CT molecular complexity index is 447. The summed E-state index contributed by atoms with van der Waals surface area (Å²) in [5.41, 5.74) is 0.245. The summed E-state index contributed by atoms with van der Waals surface area (Å²) in [7, 11) is 1.62. The Morgan fingerprint density at radius 2 is 2.00 bits per heavy atom. The number of hydrogen-bond donors (Lipinski definition) is 1. The fourth-order valence-electron chi connectivity index (χ4n) is 2.76. The Balaban J connectivity index is 2.21. The van der Waals surface area contributed by atoms with Crippen molar-refractivity contribution in [2.45, 2.75) is 25.2 Å². The molecule has 0 radical (unpaired) electrons. The Kier molecular flexibility index (Phi) is 5.24. The summed E-state index contributed by atoms with van der Waals surface area (Å²) in [5.74, 6) is 0. The van der Waals surface area contributed by atoms with Gasteiger partial charge in [0.15, 0.2) is 0 Å². The molecule has 1 fully saturated rings. The molecule has 3 nitrogen and oxygen atoms in total. The zero-order valence-electron chi connectivity index (χ0n) is 12.3. The van der Waals surface area contributed by atoms with Crippen LogP contribution in [-0.2, 0) is 10.9 Å². The number of halogens is 3. The highest BCUT2D eigenvalue weighted by molar-refractivity contribution is 5.27. The highest BCUT2D eigenvalue weighted by atomic mass is 19.4. The summed E-state index contributed by atoms with van der Waals surface area (Å²) in [6.07, 6.45) is -4.29. The Labute approximate surface area is 123 Å². The Morgan fingerprint density at radius 1 is 1.33 bits per heavy atom. The summed E-state index contributed by atoms with van der Waals surface area (Å²) in [6, 6.07) is 5.70. The lowest BCUT2D eigenvalue weighted by Gasteiger charge is -2.40. The van der Waals surface area contributed by atoms with Gasteiger partial charge < -0.3 is 10.1 Å². The van der Waals surface area contributed by atoms with E-state index in [1.807, 2.05) is 0 Å². The van der Waals surface area contributed by atoms with Crippen molar-refractivity contribution in [1.29, 1.82) is 0 Å². The molecule has 2 rings (SSSR count). The van der Waals surface area contributed by atoms with Gasteiger partial charge in [0.1, 0.15) is 0 Å². The molecule has 1 saturated heterocycles. The number of alkyl halides is 3. The van der Waals surface area contributed by atoms with Gasteiger partial charge >= 0.3 is 6.18 Å². The second kappa shape index (κ2) is 6.77. The number of nitrogens with zero attached hydrogens (tertiary/aromatic N) is 1. The van der Waals surface area contributed by atoms with Gasteiger partial charge in [-0.25, -0.2) is 0 Å². The molecule has 1 aliphatic heterocycles. The van der Waals surface area contributed by atoms with Gasteiger partial charge in [-0.3, -0.25) is 4.90 Å². The van der Waals surface area contributed by atoms with Crippen molar-refractivity contribution in [1.82, 2.24) is 10.2 Å². The fraction of sp³-hybridized carbons (Fsp3) is 0.600. The molecule has 0 spiro atoms. The van der Waals surface area contributed by atoms with Crippen LogP contribution in [0.5, 0.6) is 0 Å². The van der Waals surface area contributed by atoms with Gasteiger partial charge in [0.25, 0.3) is 0 Å². The SMILES string of the molecule is COCC(c1ccc(C(F)(F)F)cc1)N1CCNCC1C. The normalized spacial score (nSPS) is 22.2. The van der Waals surface area contributed by atoms with E-state index in [4.69, 9.17) is 4.74 Å². The highest BCUT2D eigenvalue weighted by Crippen LogP contribution is 2.31. The van der Waals surface area contributed by atoms with E-state index in [-0.39, 0.29) is 6.04 Å². The topological polar surface area (TPSA) is 24.5 Å². The van der Waals surface area contributed by atoms with Crippen molar-refractivity contribution in [2.75, 3.05) is 33.4 Å². The molecule has 118 valence electrons. The molecule has 6 heteroatoms. The van der Waals surface area contributed by atoms with Crippen LogP contribution in [0.25, 0.3) is 0 Å². The van der Waals surface area contributed by atoms with Crippen molar-refractivity contribution < 1.29 is 17.9 Å². The maximum absolute atomic E-state index is 12.6. The lowest BCUT2D eigenvalue weighted by molar-refractivity contribution is -0.137. The van der Waals surface area contributed by atoms with Crippen LogP contribution in [0.2, 0.25) is 0 Å². The molecule has 1 heterocycles. The van der Waals surface area contributed by atoms with Gasteiger partial charge in [0.2, 0.25) is 0 Å². The molecule has 0 bridgehead atoms. The minimum Gasteiger partial charge on any atom is -0.383 e. The van der Waals surface area contributed by atoms with Crippen LogP contribution in [0.15, 0.2) is 24.3 Å². The number of methoxy groups -OCH3 is 1. The van der Waals surface area contributed by atoms with E-state index in [1.165, 1.54) is 0 Å². The third kappa shape index (κ3) is 3.96. The predicted octanol–water partition coefficient (Wildman–Crippen LogP) is 2.69. The molecule has 1 N–H and O–H groups in total. The molecular weight excluding hydrogens is 281 g/mol. The van der Waals surface area contributed by atoms with Gasteiger partial charge in [0, 0.05) is 32.8 Å². The van der Waals surface area contributed by atoms with Gasteiger partial charge in [-0.05, 0) is 24.6 Å². The van der Waals surface area contributed by atoms with E-state index in [0.29, 0.717) is 12.6 Å². The van der Waals surface area contributed by atoms with Crippen LogP contribution < -0.4 is 5.32 Å². The minimum absolute atomic E-state index is 0.0191. The van der Waals surface area contributed by atoms with Crippen LogP contribution in [0, 0.1) is 0 Å². The lowest BCUT2D eigenvalue weighted by Crippen LogP contribution is -2.51. The molecule has 2 atom stereocenters. The van der Waals surface area contributed by atoms with E-state index in [2.05, 4.69) is 17.1 Å². The first-order valence-electron chi connectivity index (χ1n) is 7.06. The van der Waals surface area contributed by atoms with Crippen LogP contribution >= 0.6 is 0 Å². The van der Waals surface area contributed by atoms with E-state index >= 15 is 0 Å². The average molecular weight is 302 g/mol. The van der Waals surface area contributed by atoms with Gasteiger partial charge in [-0.2, -0.15) is 13.2 Å². The minimum atomic E-state index is -4.29. The van der Waals surface area contributed by atoms with E-state index in [9.17, 15) is 13.2 Å². The summed E-state index contributed by atoms with van der Waals surface area (Å²) in [4.78, 5) is 2.28. The quantitative estimate of drug-likeness (QED) is 0.925. The van der Waals surface area contributed by atoms with Crippen LogP contribution in [0.4, 0.5) is 13.2 Å². The largest absolute Gasteiger partial charge is 0.416 e. The van der Waals surface area contributed by atoms with Gasteiger partial charge in [-0.15, -0.1) is 0 Å². The smallest absolute Gasteiger partial charge is 0.383 e. The van der Waals surface area contributed by atoms with Crippen molar-refractivity contribution >= 4 is 0 Å². The first kappa shape index (κ1) is 16.3. The fourth-order valence-corrected chi connectivity index (χ4v) is 2.76. The molecule has 1 aromatic carbocycles. The second-order valence-electron chi connectivity index (χ2n) is 5.38. The molecular formula is C15H21F3N2O. The zero-order valence-corrected chi connectivity index (χ0v) is 12.3. The molecule has 1 aliphatic rings. The lowest BCUT2D eigenvalue weighted by atomic mass is 10.0. The van der Waals surface area contributed by atoms with Gasteiger partial charge in [0.05, 0.1) is 18.2 Å². The van der Waals surface area contributed by atoms with Crippen molar-refractivity contribution in [3.8, 4) is 0 Å². The number of rotatable bonds is 4. The first-order valence-corrected chi connectivity index (χ1v) is 7.06. The number of benzene rings is 1. The molecule has 0 amide bonds. The molecule has 0 saturated carbocycles. The number of hydrogen-bond acceptors (Lipinski definition) is 3. The highest BCUT2D eigenvalue weighted by Gasteiger charge is 2.31. The van der Waals surface area contributed by atoms with Crippen molar-refractivity contribution in [3.63, 3.8) is 0 Å². The summed E-state index contributed by atoms with van der Waals surface area (Å²) < 4.78 is 43.2. The third-order valence-corrected chi connectivity index (χ3v) is 3.90. The van der Waals surface area contributed by atoms with Crippen LogP contribution in [0.3, 0.4) is 0 Å². The number of ether oxygens (including phenoxy) is 1. The van der Waals surface area contributed by atoms with Crippen LogP contribution in [-0.4, -0.2) is 44.3 Å². The van der Waals surface area contributed by atoms with E-state index in [0.717, 1.165) is 37.3 Å². The molecule has 2 unspecified atom stereocenters.